The third kappa shape index (κ3) is 7.09. The Morgan fingerprint density at radius 3 is 2.48 bits per heavy atom. The van der Waals surface area contributed by atoms with Gasteiger partial charge in [0, 0.05) is 24.2 Å². The van der Waals surface area contributed by atoms with E-state index in [1.807, 2.05) is 34.0 Å². The number of ether oxygens (including phenoxy) is 1. The van der Waals surface area contributed by atoms with E-state index >= 15 is 0 Å². The molecule has 0 aromatic carbocycles. The van der Waals surface area contributed by atoms with Gasteiger partial charge in [-0.25, -0.2) is 4.79 Å². The highest BCUT2D eigenvalue weighted by Gasteiger charge is 2.30. The van der Waals surface area contributed by atoms with Crippen molar-refractivity contribution in [2.45, 2.75) is 58.3 Å². The molecule has 0 saturated heterocycles. The molecule has 0 heterocycles. The number of hydrogen-bond donors (Lipinski definition) is 2. The van der Waals surface area contributed by atoms with E-state index in [0.717, 1.165) is 4.91 Å². The van der Waals surface area contributed by atoms with Crippen molar-refractivity contribution in [2.24, 2.45) is 0 Å². The van der Waals surface area contributed by atoms with Gasteiger partial charge in [0.05, 0.1) is 12.7 Å². The lowest BCUT2D eigenvalue weighted by Crippen LogP contribution is -2.41. The first kappa shape index (κ1) is 18.2. The summed E-state index contributed by atoms with van der Waals surface area (Å²) in [6.07, 6.45) is 4.40. The lowest BCUT2D eigenvalue weighted by atomic mass is 10.2. The van der Waals surface area contributed by atoms with E-state index < -0.39 is 11.7 Å². The Kier molecular flexibility index (Phi) is 6.41. The van der Waals surface area contributed by atoms with E-state index in [2.05, 4.69) is 41.7 Å². The van der Waals surface area contributed by atoms with Crippen LogP contribution in [-0.4, -0.2) is 54.3 Å². The normalized spacial score (nSPS) is 17.6. The molecular weight excluding hydrogens is 286 g/mol. The fourth-order valence-corrected chi connectivity index (χ4v) is 2.20. The van der Waals surface area contributed by atoms with Gasteiger partial charge in [-0.2, -0.15) is 0 Å². The summed E-state index contributed by atoms with van der Waals surface area (Å²) in [5.41, 5.74) is -0.483. The number of nitrogens with one attached hydrogen (secondary N) is 1. The van der Waals surface area contributed by atoms with Gasteiger partial charge in [0.25, 0.3) is 0 Å². The molecule has 1 rings (SSSR count). The Balaban J connectivity index is 2.39. The second-order valence-electron chi connectivity index (χ2n) is 6.67. The predicted molar refractivity (Wildman–Crippen MR) is 89.3 cm³/mol. The van der Waals surface area contributed by atoms with Crippen molar-refractivity contribution in [2.75, 3.05) is 20.6 Å². The molecule has 21 heavy (non-hydrogen) atoms. The Bertz CT molecular complexity index is 389. The summed E-state index contributed by atoms with van der Waals surface area (Å²) < 4.78 is 5.19. The molecule has 0 spiro atoms. The predicted octanol–water partition coefficient (Wildman–Crippen LogP) is 2.65. The minimum Gasteiger partial charge on any atom is -0.444 e. The van der Waals surface area contributed by atoms with Crippen molar-refractivity contribution >= 4 is 18.7 Å². The molecule has 1 amide bonds. The minimum atomic E-state index is -0.483. The van der Waals surface area contributed by atoms with E-state index in [-0.39, 0.29) is 0 Å². The Labute approximate surface area is 134 Å². The van der Waals surface area contributed by atoms with E-state index in [9.17, 15) is 4.79 Å². The summed E-state index contributed by atoms with van der Waals surface area (Å²) in [6.45, 7) is 8.05. The van der Waals surface area contributed by atoms with Crippen LogP contribution < -0.4 is 5.32 Å². The summed E-state index contributed by atoms with van der Waals surface area (Å²) in [5.74, 6) is 0. The maximum Gasteiger partial charge on any atom is 0.407 e. The van der Waals surface area contributed by atoms with Crippen LogP contribution in [0.1, 0.15) is 40.5 Å². The Morgan fingerprint density at radius 2 is 2.00 bits per heavy atom. The molecular formula is C15H29N3O2S. The van der Waals surface area contributed by atoms with Gasteiger partial charge in [0.15, 0.2) is 0 Å². The van der Waals surface area contributed by atoms with E-state index in [4.69, 9.17) is 4.74 Å². The molecule has 1 aliphatic carbocycles. The van der Waals surface area contributed by atoms with Crippen LogP contribution in [0.4, 0.5) is 4.79 Å². The van der Waals surface area contributed by atoms with Crippen LogP contribution in [0.5, 0.6) is 0 Å². The van der Waals surface area contributed by atoms with Crippen LogP contribution in [0, 0.1) is 0 Å². The number of nitrogens with zero attached hydrogens (tertiary/aromatic N) is 2. The average Bonchev–Trinajstić information content (AvgIpc) is 3.16. The first-order valence-corrected chi connectivity index (χ1v) is 7.85. The van der Waals surface area contributed by atoms with Gasteiger partial charge in [0.2, 0.25) is 0 Å². The van der Waals surface area contributed by atoms with Gasteiger partial charge < -0.3 is 15.0 Å². The number of rotatable bonds is 6. The van der Waals surface area contributed by atoms with Gasteiger partial charge >= 0.3 is 6.09 Å². The molecule has 0 bridgehead atoms. The van der Waals surface area contributed by atoms with Crippen molar-refractivity contribution in [1.29, 1.82) is 0 Å². The van der Waals surface area contributed by atoms with E-state index in [1.165, 1.54) is 12.8 Å². The third-order valence-electron chi connectivity index (χ3n) is 3.47. The third-order valence-corrected chi connectivity index (χ3v) is 3.74. The second-order valence-corrected chi connectivity index (χ2v) is 7.24. The van der Waals surface area contributed by atoms with Gasteiger partial charge in [-0.1, -0.05) is 0 Å². The summed E-state index contributed by atoms with van der Waals surface area (Å²) >= 11 is 4.42. The molecule has 0 aromatic rings. The number of alkyl carbamates (subject to hydrolysis) is 1. The van der Waals surface area contributed by atoms with Crippen molar-refractivity contribution in [3.8, 4) is 0 Å². The Morgan fingerprint density at radius 1 is 1.43 bits per heavy atom. The molecule has 0 aromatic heterocycles. The van der Waals surface area contributed by atoms with Gasteiger partial charge in [-0.15, -0.1) is 12.6 Å². The van der Waals surface area contributed by atoms with Crippen molar-refractivity contribution in [3.05, 3.63) is 11.1 Å². The van der Waals surface area contributed by atoms with E-state index in [0.29, 0.717) is 18.8 Å². The summed E-state index contributed by atoms with van der Waals surface area (Å²) in [6, 6.07) is 0.708. The number of thiol groups is 1. The maximum atomic E-state index is 11.6. The molecule has 122 valence electrons. The zero-order valence-corrected chi connectivity index (χ0v) is 14.9. The topological polar surface area (TPSA) is 44.8 Å². The molecule has 1 unspecified atom stereocenters. The molecule has 1 atom stereocenters. The van der Waals surface area contributed by atoms with Crippen LogP contribution in [0.25, 0.3) is 0 Å². The Hall–Kier alpha value is -0.880. The van der Waals surface area contributed by atoms with Crippen LogP contribution in [0.3, 0.4) is 0 Å². The van der Waals surface area contributed by atoms with Crippen molar-refractivity contribution in [1.82, 2.24) is 15.1 Å². The standard InChI is InChI=1S/C15H29N3O2S/c1-11(18(6)12-7-8-12)17(5)10-13(21)9-16-14(19)20-15(2,3)4/h10-12,21H,7-9H2,1-6H3,(H,16,19)/b13-10-. The zero-order valence-electron chi connectivity index (χ0n) is 14.0. The maximum absolute atomic E-state index is 11.6. The number of amides is 1. The first-order chi connectivity index (χ1) is 9.60. The molecule has 0 aliphatic heterocycles. The largest absolute Gasteiger partial charge is 0.444 e. The number of hydrogen-bond acceptors (Lipinski definition) is 5. The molecule has 1 saturated carbocycles. The molecule has 6 heteroatoms. The second kappa shape index (κ2) is 7.40. The fraction of sp³-hybridized carbons (Fsp3) is 0.800. The van der Waals surface area contributed by atoms with Crippen molar-refractivity contribution < 1.29 is 9.53 Å². The highest BCUT2D eigenvalue weighted by Crippen LogP contribution is 2.27. The zero-order chi connectivity index (χ0) is 16.2. The quantitative estimate of drug-likeness (QED) is 0.584. The first-order valence-electron chi connectivity index (χ1n) is 7.40. The molecule has 0 radical (unpaired) electrons. The molecule has 1 aliphatic rings. The van der Waals surface area contributed by atoms with Crippen molar-refractivity contribution in [3.63, 3.8) is 0 Å². The van der Waals surface area contributed by atoms with Gasteiger partial charge in [-0.05, 0) is 47.6 Å². The molecule has 1 fully saturated rings. The number of carbonyl (C=O) groups excluding carboxylic acids is 1. The SMILES string of the molecule is CC(N(C)/C=C(\S)CNC(=O)OC(C)(C)C)N(C)C1CC1. The summed E-state index contributed by atoms with van der Waals surface area (Å²) in [5, 5.41) is 2.70. The van der Waals surface area contributed by atoms with Crippen LogP contribution in [0.15, 0.2) is 11.1 Å². The highest BCUT2D eigenvalue weighted by molar-refractivity contribution is 7.84. The smallest absolute Gasteiger partial charge is 0.407 e. The number of carbonyl (C=O) groups is 1. The lowest BCUT2D eigenvalue weighted by molar-refractivity contribution is 0.0533. The monoisotopic (exact) mass is 315 g/mol. The highest BCUT2D eigenvalue weighted by atomic mass is 32.1. The van der Waals surface area contributed by atoms with Crippen LogP contribution >= 0.6 is 12.6 Å². The summed E-state index contributed by atoms with van der Waals surface area (Å²) in [4.78, 5) is 16.8. The fourth-order valence-electron chi connectivity index (χ4n) is 1.94. The minimum absolute atomic E-state index is 0.307. The molecule has 1 N–H and O–H groups in total. The van der Waals surface area contributed by atoms with Gasteiger partial charge in [0.1, 0.15) is 5.60 Å². The van der Waals surface area contributed by atoms with E-state index in [1.54, 1.807) is 0 Å². The van der Waals surface area contributed by atoms with Gasteiger partial charge in [-0.3, -0.25) is 4.90 Å². The van der Waals surface area contributed by atoms with Crippen LogP contribution in [-0.2, 0) is 4.74 Å². The van der Waals surface area contributed by atoms with Crippen LogP contribution in [0.2, 0.25) is 0 Å². The average molecular weight is 315 g/mol. The summed E-state index contributed by atoms with van der Waals surface area (Å²) in [7, 11) is 4.16. The molecule has 5 nitrogen and oxygen atoms in total. The lowest BCUT2D eigenvalue weighted by Gasteiger charge is -2.32.